The van der Waals surface area contributed by atoms with Crippen LogP contribution in [0.4, 0.5) is 0 Å². The van der Waals surface area contributed by atoms with Crippen LogP contribution in [-0.2, 0) is 39.1 Å². The molecule has 0 saturated carbocycles. The molecule has 3 N–H and O–H groups in total. The maximum atomic E-state index is 9.00. The minimum absolute atomic E-state index is 0.458. The van der Waals surface area contributed by atoms with Gasteiger partial charge in [0.1, 0.15) is 0 Å². The van der Waals surface area contributed by atoms with E-state index in [1.165, 1.54) is 31.3 Å². The lowest BCUT2D eigenvalue weighted by molar-refractivity contribution is -0.596. The second-order valence-electron chi connectivity index (χ2n) is 8.94. The van der Waals surface area contributed by atoms with Gasteiger partial charge in [-0.15, -0.1) is 0 Å². The van der Waals surface area contributed by atoms with E-state index in [-0.39, 0.29) is 0 Å². The number of ether oxygens (including phenoxy) is 2. The Hall–Kier alpha value is -1.56. The molecule has 42 heavy (non-hydrogen) atoms. The smallest absolute Gasteiger partial charge is 0.0982 e. The van der Waals surface area contributed by atoms with Crippen LogP contribution in [0.2, 0.25) is 0 Å². The molecule has 0 aromatic carbocycles. The monoisotopic (exact) mass is 613 g/mol. The summed E-state index contributed by atoms with van der Waals surface area (Å²) in [5.74, 6) is 0. The van der Waals surface area contributed by atoms with Gasteiger partial charge in [0.25, 0.3) is 0 Å². The Kier molecular flexibility index (Phi) is 26.0. The highest BCUT2D eigenvalue weighted by atomic mass is 17.2. The summed E-state index contributed by atoms with van der Waals surface area (Å²) in [6.07, 6.45) is 11.6. The minimum Gasteiger partial charge on any atom is -0.366 e. The van der Waals surface area contributed by atoms with Gasteiger partial charge < -0.3 is 9.47 Å². The maximum Gasteiger partial charge on any atom is 0.0982 e. The molecule has 0 saturated heterocycles. The fraction of sp³-hybridized carbons (Fsp3) is 0.833. The van der Waals surface area contributed by atoms with Gasteiger partial charge in [-0.25, -0.2) is 10.1 Å². The Morgan fingerprint density at radius 2 is 1.29 bits per heavy atom. The zero-order valence-corrected chi connectivity index (χ0v) is 26.7. The lowest BCUT2D eigenvalue weighted by Gasteiger charge is -2.27. The molecule has 0 aliphatic rings. The highest BCUT2D eigenvalue weighted by molar-refractivity contribution is 4.88. The van der Waals surface area contributed by atoms with E-state index in [0.29, 0.717) is 31.9 Å². The summed E-state index contributed by atoms with van der Waals surface area (Å²) in [4.78, 5) is 30.8. The first-order valence-corrected chi connectivity index (χ1v) is 13.8. The molecule has 18 nitrogen and oxygen atoms in total. The van der Waals surface area contributed by atoms with Crippen molar-refractivity contribution in [1.82, 2.24) is 47.1 Å². The summed E-state index contributed by atoms with van der Waals surface area (Å²) in [6.45, 7) is 6.32. The van der Waals surface area contributed by atoms with Crippen molar-refractivity contribution >= 4 is 0 Å². The van der Waals surface area contributed by atoms with Gasteiger partial charge in [-0.1, -0.05) is 25.5 Å². The van der Waals surface area contributed by atoms with Gasteiger partial charge >= 0.3 is 0 Å². The van der Waals surface area contributed by atoms with E-state index >= 15 is 0 Å². The van der Waals surface area contributed by atoms with E-state index < -0.39 is 0 Å². The van der Waals surface area contributed by atoms with Crippen LogP contribution >= 0.6 is 0 Å². The first kappa shape index (κ1) is 40.4. The molecule has 0 fully saturated rings. The summed E-state index contributed by atoms with van der Waals surface area (Å²) in [5.41, 5.74) is 3.28. The summed E-state index contributed by atoms with van der Waals surface area (Å²) < 4.78 is 11.2. The van der Waals surface area contributed by atoms with Gasteiger partial charge in [0, 0.05) is 81.5 Å². The second kappa shape index (κ2) is 27.0. The molecule has 18 heteroatoms. The normalized spacial score (nSPS) is 12.2. The van der Waals surface area contributed by atoms with Crippen molar-refractivity contribution in [1.29, 1.82) is 0 Å². The number of allylic oxidation sites excluding steroid dienone is 2. The van der Waals surface area contributed by atoms with E-state index in [1.54, 1.807) is 35.2 Å². The topological polar surface area (TPSA) is 141 Å². The summed E-state index contributed by atoms with van der Waals surface area (Å²) in [7, 11) is 12.6. The second-order valence-corrected chi connectivity index (χ2v) is 8.94. The van der Waals surface area contributed by atoms with Gasteiger partial charge in [0.05, 0.1) is 13.5 Å². The molecule has 0 radical (unpaired) electrons. The Morgan fingerprint density at radius 3 is 1.90 bits per heavy atom. The van der Waals surface area contributed by atoms with Crippen LogP contribution in [0.15, 0.2) is 24.6 Å². The SMILES string of the molecule is C=C(CCCCCOCNCOCCCCC/C=C/N(C)ON(C)ON(C)ONC)N(C)ON(C)ON(C)ON(C)O. The molecule has 0 unspecified atom stereocenters. The Morgan fingerprint density at radius 1 is 0.714 bits per heavy atom. The van der Waals surface area contributed by atoms with Gasteiger partial charge in [0.15, 0.2) is 0 Å². The molecule has 0 amide bonds. The average Bonchev–Trinajstić information content (AvgIpc) is 2.89. The van der Waals surface area contributed by atoms with Crippen LogP contribution in [0.5, 0.6) is 0 Å². The van der Waals surface area contributed by atoms with Crippen molar-refractivity contribution in [2.75, 3.05) is 83.1 Å². The number of hydroxylamine groups is 15. The predicted octanol–water partition coefficient (Wildman–Crippen LogP) is 1.88. The van der Waals surface area contributed by atoms with Crippen molar-refractivity contribution < 1.29 is 44.3 Å². The predicted molar refractivity (Wildman–Crippen MR) is 152 cm³/mol. The Balaban J connectivity index is 3.53. The number of hydrogen-bond acceptors (Lipinski definition) is 18. The summed E-state index contributed by atoms with van der Waals surface area (Å²) in [5, 5.41) is 19.9. The molecule has 0 aromatic heterocycles. The van der Waals surface area contributed by atoms with Crippen molar-refractivity contribution in [3.63, 3.8) is 0 Å². The summed E-state index contributed by atoms with van der Waals surface area (Å²) in [6, 6.07) is 0. The number of hydrogen-bond donors (Lipinski definition) is 3. The molecule has 0 bridgehead atoms. The van der Waals surface area contributed by atoms with Crippen molar-refractivity contribution in [3.8, 4) is 0 Å². The molecule has 0 heterocycles. The van der Waals surface area contributed by atoms with E-state index in [0.717, 1.165) is 78.0 Å². The van der Waals surface area contributed by atoms with Crippen LogP contribution in [0.25, 0.3) is 0 Å². The van der Waals surface area contributed by atoms with E-state index in [9.17, 15) is 0 Å². The lowest BCUT2D eigenvalue weighted by atomic mass is 10.1. The number of nitrogens with one attached hydrogen (secondary N) is 2. The molecule has 0 aliphatic carbocycles. The molecular weight excluding hydrogens is 558 g/mol. The van der Waals surface area contributed by atoms with E-state index in [2.05, 4.69) is 17.4 Å². The van der Waals surface area contributed by atoms with Crippen molar-refractivity contribution in [2.24, 2.45) is 0 Å². The lowest BCUT2D eigenvalue weighted by Crippen LogP contribution is -2.37. The van der Waals surface area contributed by atoms with Gasteiger partial charge in [-0.3, -0.25) is 10.5 Å². The van der Waals surface area contributed by atoms with E-state index in [1.807, 2.05) is 12.3 Å². The molecule has 0 aliphatic heterocycles. The van der Waals surface area contributed by atoms with Gasteiger partial charge in [-0.2, -0.15) is 35.1 Å². The third-order valence-corrected chi connectivity index (χ3v) is 4.98. The zero-order chi connectivity index (χ0) is 31.6. The highest BCUT2D eigenvalue weighted by Crippen LogP contribution is 2.12. The number of unbranched alkanes of at least 4 members (excludes halogenated alkanes) is 5. The van der Waals surface area contributed by atoms with E-state index in [4.69, 9.17) is 44.3 Å². The first-order chi connectivity index (χ1) is 20.0. The first-order valence-electron chi connectivity index (χ1n) is 13.8. The molecule has 0 rings (SSSR count). The molecule has 0 atom stereocenters. The Bertz CT molecular complexity index is 671. The third kappa shape index (κ3) is 26.1. The Labute approximate surface area is 250 Å². The molecular formula is C24H55N9O9. The summed E-state index contributed by atoms with van der Waals surface area (Å²) >= 11 is 0. The molecule has 0 aromatic rings. The highest BCUT2D eigenvalue weighted by Gasteiger charge is 2.12. The van der Waals surface area contributed by atoms with Crippen molar-refractivity contribution in [2.45, 2.75) is 51.4 Å². The van der Waals surface area contributed by atoms with Gasteiger partial charge in [0.2, 0.25) is 0 Å². The fourth-order valence-corrected chi connectivity index (χ4v) is 3.18. The van der Waals surface area contributed by atoms with Crippen LogP contribution < -0.4 is 10.8 Å². The standard InChI is InChI=1S/C24H55N9O9/c1-24(28(4)39-32(8)42-33(9)40-29(5)34)18-14-13-17-21-36-23-26-22-35-20-16-12-10-11-15-19-27(3)38-31(7)41-30(6)37-25-2/h15,19,25-26,34H,1,10-14,16-18,20-23H2,2-9H3/b19-15+. The molecule has 250 valence electrons. The fourth-order valence-electron chi connectivity index (χ4n) is 3.18. The quantitative estimate of drug-likeness (QED) is 0.0616. The van der Waals surface area contributed by atoms with Crippen LogP contribution in [-0.4, -0.2) is 125 Å². The van der Waals surface area contributed by atoms with Crippen LogP contribution in [0.1, 0.15) is 51.4 Å². The maximum absolute atomic E-state index is 9.00. The van der Waals surface area contributed by atoms with Crippen LogP contribution in [0.3, 0.4) is 0 Å². The molecule has 0 spiro atoms. The minimum atomic E-state index is 0.458. The largest absolute Gasteiger partial charge is 0.366 e. The van der Waals surface area contributed by atoms with Crippen molar-refractivity contribution in [3.05, 3.63) is 24.6 Å². The number of rotatable bonds is 30. The van der Waals surface area contributed by atoms with Gasteiger partial charge in [-0.05, 0) is 64.7 Å². The van der Waals surface area contributed by atoms with Crippen LogP contribution in [0, 0.1) is 0 Å². The average molecular weight is 614 g/mol. The third-order valence-electron chi connectivity index (χ3n) is 4.98. The number of nitrogens with zero attached hydrogens (tertiary/aromatic N) is 7. The zero-order valence-electron chi connectivity index (χ0n) is 26.7.